The first-order chi connectivity index (χ1) is 8.15. The van der Waals surface area contributed by atoms with Crippen LogP contribution in [0.5, 0.6) is 5.75 Å². The van der Waals surface area contributed by atoms with Gasteiger partial charge in [-0.05, 0) is 36.4 Å². The molecule has 0 atom stereocenters. The highest BCUT2D eigenvalue weighted by Gasteiger charge is 1.99. The van der Waals surface area contributed by atoms with Gasteiger partial charge in [0.15, 0.2) is 17.4 Å². The molecule has 1 heterocycles. The summed E-state index contributed by atoms with van der Waals surface area (Å²) in [5.74, 6) is -0.188. The monoisotopic (exact) mass is 232 g/mol. The van der Waals surface area contributed by atoms with Crippen LogP contribution in [0.1, 0.15) is 0 Å². The van der Waals surface area contributed by atoms with Crippen molar-refractivity contribution in [2.75, 3.05) is 5.73 Å². The Kier molecular flexibility index (Phi) is 2.95. The van der Waals surface area contributed by atoms with Crippen LogP contribution in [-0.2, 0) is 0 Å². The Hall–Kier alpha value is -2.50. The van der Waals surface area contributed by atoms with Gasteiger partial charge in [-0.1, -0.05) is 0 Å². The van der Waals surface area contributed by atoms with E-state index < -0.39 is 0 Å². The van der Waals surface area contributed by atoms with Crippen molar-refractivity contribution in [2.45, 2.75) is 0 Å². The highest BCUT2D eigenvalue weighted by atomic mass is 19.1. The van der Waals surface area contributed by atoms with Crippen LogP contribution in [-0.4, -0.2) is 10.1 Å². The number of nitrogens with zero attached hydrogens (tertiary/aromatic N) is 3. The number of azo groups is 1. The maximum Gasteiger partial charge on any atom is 0.176 e. The third kappa shape index (κ3) is 2.75. The first-order valence-corrected chi connectivity index (χ1v) is 4.78. The molecule has 17 heavy (non-hydrogen) atoms. The lowest BCUT2D eigenvalue weighted by Crippen LogP contribution is -1.89. The molecule has 0 amide bonds. The minimum atomic E-state index is -0.337. The number of anilines is 1. The van der Waals surface area contributed by atoms with Crippen LogP contribution in [0.3, 0.4) is 0 Å². The molecule has 0 aliphatic carbocycles. The van der Waals surface area contributed by atoms with E-state index in [1.54, 1.807) is 0 Å². The smallest absolute Gasteiger partial charge is 0.176 e. The molecule has 0 spiro atoms. The van der Waals surface area contributed by atoms with Crippen molar-refractivity contribution < 1.29 is 9.50 Å². The van der Waals surface area contributed by atoms with E-state index in [0.717, 1.165) is 0 Å². The molecule has 0 fully saturated rings. The normalized spacial score (nSPS) is 10.9. The van der Waals surface area contributed by atoms with Crippen LogP contribution < -0.4 is 5.73 Å². The number of benzene rings is 1. The van der Waals surface area contributed by atoms with Gasteiger partial charge in [0.1, 0.15) is 5.82 Å². The highest BCUT2D eigenvalue weighted by molar-refractivity contribution is 5.49. The fourth-order valence-electron chi connectivity index (χ4n) is 1.13. The van der Waals surface area contributed by atoms with Crippen LogP contribution in [0.4, 0.5) is 21.7 Å². The topological polar surface area (TPSA) is 83.9 Å². The molecule has 0 aliphatic heterocycles. The van der Waals surface area contributed by atoms with Gasteiger partial charge in [-0.3, -0.25) is 0 Å². The zero-order valence-corrected chi connectivity index (χ0v) is 8.71. The summed E-state index contributed by atoms with van der Waals surface area (Å²) in [5.41, 5.74) is 5.90. The number of nitrogens with two attached hydrogens (primary N) is 1. The van der Waals surface area contributed by atoms with Crippen molar-refractivity contribution in [1.82, 2.24) is 4.98 Å². The Labute approximate surface area is 96.5 Å². The SMILES string of the molecule is Nc1nc(N=Nc2ccc(F)cc2)ccc1O. The molecule has 0 aliphatic rings. The number of rotatable bonds is 2. The summed E-state index contributed by atoms with van der Waals surface area (Å²) in [6.45, 7) is 0. The number of aromatic nitrogens is 1. The Morgan fingerprint density at radius 3 is 2.41 bits per heavy atom. The molecule has 0 bridgehead atoms. The van der Waals surface area contributed by atoms with Crippen LogP contribution >= 0.6 is 0 Å². The Morgan fingerprint density at radius 2 is 1.76 bits per heavy atom. The van der Waals surface area contributed by atoms with Crippen molar-refractivity contribution >= 4 is 17.3 Å². The van der Waals surface area contributed by atoms with E-state index in [-0.39, 0.29) is 23.2 Å². The van der Waals surface area contributed by atoms with E-state index in [4.69, 9.17) is 10.8 Å². The summed E-state index contributed by atoms with van der Waals surface area (Å²) in [6.07, 6.45) is 0. The van der Waals surface area contributed by atoms with Gasteiger partial charge in [0.25, 0.3) is 0 Å². The molecule has 0 unspecified atom stereocenters. The van der Waals surface area contributed by atoms with Crippen molar-refractivity contribution in [3.05, 3.63) is 42.2 Å². The van der Waals surface area contributed by atoms with Gasteiger partial charge < -0.3 is 10.8 Å². The third-order valence-corrected chi connectivity index (χ3v) is 1.98. The van der Waals surface area contributed by atoms with Crippen molar-refractivity contribution in [3.63, 3.8) is 0 Å². The predicted molar refractivity (Wildman–Crippen MR) is 60.9 cm³/mol. The fraction of sp³-hybridized carbons (Fsp3) is 0. The first-order valence-electron chi connectivity index (χ1n) is 4.78. The molecule has 2 aromatic rings. The molecular formula is C11H9FN4O. The second kappa shape index (κ2) is 4.56. The zero-order valence-electron chi connectivity index (χ0n) is 8.71. The molecule has 86 valence electrons. The van der Waals surface area contributed by atoms with E-state index in [1.807, 2.05) is 0 Å². The second-order valence-electron chi connectivity index (χ2n) is 3.25. The van der Waals surface area contributed by atoms with Gasteiger partial charge in [0, 0.05) is 0 Å². The maximum atomic E-state index is 12.6. The van der Waals surface area contributed by atoms with Gasteiger partial charge in [-0.25, -0.2) is 9.37 Å². The van der Waals surface area contributed by atoms with E-state index in [1.165, 1.54) is 36.4 Å². The predicted octanol–water partition coefficient (Wildman–Crippen LogP) is 2.92. The molecule has 1 aromatic heterocycles. The standard InChI is InChI=1S/C11H9FN4O/c12-7-1-3-8(4-2-7)15-16-10-6-5-9(17)11(13)14-10/h1-6,17H,(H2,13,14). The lowest BCUT2D eigenvalue weighted by molar-refractivity contribution is 0.476. The summed E-state index contributed by atoms with van der Waals surface area (Å²) < 4.78 is 12.6. The quantitative estimate of drug-likeness (QED) is 0.780. The number of nitrogen functional groups attached to an aromatic ring is 1. The summed E-state index contributed by atoms with van der Waals surface area (Å²) >= 11 is 0. The van der Waals surface area contributed by atoms with Crippen molar-refractivity contribution in [3.8, 4) is 5.75 Å². The average molecular weight is 232 g/mol. The number of hydrogen-bond donors (Lipinski definition) is 2. The zero-order chi connectivity index (χ0) is 12.3. The van der Waals surface area contributed by atoms with Gasteiger partial charge in [-0.2, -0.15) is 0 Å². The summed E-state index contributed by atoms with van der Waals surface area (Å²) in [7, 11) is 0. The molecule has 0 radical (unpaired) electrons. The van der Waals surface area contributed by atoms with Crippen LogP contribution in [0.2, 0.25) is 0 Å². The summed E-state index contributed by atoms with van der Waals surface area (Å²) in [5, 5.41) is 16.8. The number of halogens is 1. The lowest BCUT2D eigenvalue weighted by Gasteiger charge is -1.97. The average Bonchev–Trinajstić information content (AvgIpc) is 2.33. The first kappa shape index (κ1) is 11.0. The summed E-state index contributed by atoms with van der Waals surface area (Å²) in [4.78, 5) is 3.80. The van der Waals surface area contributed by atoms with Gasteiger partial charge in [0.05, 0.1) is 5.69 Å². The number of aromatic hydroxyl groups is 1. The van der Waals surface area contributed by atoms with E-state index in [9.17, 15) is 4.39 Å². The molecule has 5 nitrogen and oxygen atoms in total. The highest BCUT2D eigenvalue weighted by Crippen LogP contribution is 2.22. The molecular weight excluding hydrogens is 223 g/mol. The third-order valence-electron chi connectivity index (χ3n) is 1.98. The van der Waals surface area contributed by atoms with Gasteiger partial charge in [-0.15, -0.1) is 10.2 Å². The number of pyridine rings is 1. The van der Waals surface area contributed by atoms with E-state index >= 15 is 0 Å². The fourth-order valence-corrected chi connectivity index (χ4v) is 1.13. The van der Waals surface area contributed by atoms with Crippen LogP contribution in [0.15, 0.2) is 46.6 Å². The van der Waals surface area contributed by atoms with Gasteiger partial charge >= 0.3 is 0 Å². The molecule has 6 heteroatoms. The van der Waals surface area contributed by atoms with Gasteiger partial charge in [0.2, 0.25) is 0 Å². The Balaban J connectivity index is 2.20. The van der Waals surface area contributed by atoms with Crippen LogP contribution in [0, 0.1) is 5.82 Å². The molecule has 0 saturated heterocycles. The largest absolute Gasteiger partial charge is 0.504 e. The maximum absolute atomic E-state index is 12.6. The Bertz CT molecular complexity index is 554. The van der Waals surface area contributed by atoms with E-state index in [0.29, 0.717) is 5.69 Å². The minimum absolute atomic E-state index is 0.0134. The number of hydrogen-bond acceptors (Lipinski definition) is 5. The molecule has 3 N–H and O–H groups in total. The Morgan fingerprint density at radius 1 is 1.06 bits per heavy atom. The molecule has 1 aromatic carbocycles. The minimum Gasteiger partial charge on any atom is -0.504 e. The van der Waals surface area contributed by atoms with Crippen molar-refractivity contribution in [2.24, 2.45) is 10.2 Å². The lowest BCUT2D eigenvalue weighted by atomic mass is 10.3. The second-order valence-corrected chi connectivity index (χ2v) is 3.25. The summed E-state index contributed by atoms with van der Waals surface area (Å²) in [6, 6.07) is 8.39. The van der Waals surface area contributed by atoms with Crippen LogP contribution in [0.25, 0.3) is 0 Å². The van der Waals surface area contributed by atoms with Crippen molar-refractivity contribution in [1.29, 1.82) is 0 Å². The molecule has 0 saturated carbocycles. The molecule has 2 rings (SSSR count). The van der Waals surface area contributed by atoms with E-state index in [2.05, 4.69) is 15.2 Å².